The summed E-state index contributed by atoms with van der Waals surface area (Å²) in [5.74, 6) is 0.573. The van der Waals surface area contributed by atoms with Gasteiger partial charge in [-0.05, 0) is 48.6 Å². The number of nitrogens with zero attached hydrogens (tertiary/aromatic N) is 5. The van der Waals surface area contributed by atoms with Crippen LogP contribution in [-0.4, -0.2) is 43.3 Å². The van der Waals surface area contributed by atoms with Crippen LogP contribution in [0, 0.1) is 6.92 Å². The molecule has 4 rings (SSSR count). The minimum absolute atomic E-state index is 0.174. The molecule has 1 aliphatic carbocycles. The number of hydrogen-bond donors (Lipinski definition) is 0. The number of hydrogen-bond acceptors (Lipinski definition) is 5. The predicted molar refractivity (Wildman–Crippen MR) is 91.7 cm³/mol. The molecule has 1 aromatic heterocycles. The Labute approximate surface area is 145 Å². The molecule has 1 amide bonds. The first-order chi connectivity index (χ1) is 11.7. The van der Waals surface area contributed by atoms with E-state index in [0.717, 1.165) is 37.4 Å². The molecule has 1 saturated heterocycles. The lowest BCUT2D eigenvalue weighted by molar-refractivity contribution is -0.129. The summed E-state index contributed by atoms with van der Waals surface area (Å²) in [5, 5.41) is 12.6. The summed E-state index contributed by atoms with van der Waals surface area (Å²) >= 11 is 1.45. The van der Waals surface area contributed by atoms with Crippen molar-refractivity contribution in [3.63, 3.8) is 0 Å². The molecule has 2 aliphatic rings. The van der Waals surface area contributed by atoms with Gasteiger partial charge in [0, 0.05) is 6.54 Å². The van der Waals surface area contributed by atoms with Gasteiger partial charge in [-0.1, -0.05) is 41.6 Å². The van der Waals surface area contributed by atoms with E-state index in [1.807, 2.05) is 9.58 Å². The normalized spacial score (nSPS) is 20.5. The Balaban J connectivity index is 1.41. The Hall–Kier alpha value is -1.89. The fourth-order valence-corrected chi connectivity index (χ4v) is 4.07. The van der Waals surface area contributed by atoms with Gasteiger partial charge in [0.2, 0.25) is 11.1 Å². The molecule has 126 valence electrons. The smallest absolute Gasteiger partial charge is 0.233 e. The van der Waals surface area contributed by atoms with Crippen LogP contribution in [0.2, 0.25) is 0 Å². The first-order valence-electron chi connectivity index (χ1n) is 8.49. The van der Waals surface area contributed by atoms with Crippen molar-refractivity contribution in [3.8, 4) is 0 Å². The number of carbonyl (C=O) groups is 1. The summed E-state index contributed by atoms with van der Waals surface area (Å²) in [4.78, 5) is 14.7. The van der Waals surface area contributed by atoms with E-state index < -0.39 is 0 Å². The Kier molecular flexibility index (Phi) is 4.26. The molecule has 6 nitrogen and oxygen atoms in total. The van der Waals surface area contributed by atoms with Crippen molar-refractivity contribution in [2.75, 3.05) is 12.3 Å². The summed E-state index contributed by atoms with van der Waals surface area (Å²) in [6, 6.07) is 9.17. The number of aryl methyl sites for hydroxylation is 1. The number of rotatable bonds is 5. The van der Waals surface area contributed by atoms with Crippen LogP contribution < -0.4 is 0 Å². The first-order valence-corrected chi connectivity index (χ1v) is 9.47. The molecule has 2 aromatic rings. The van der Waals surface area contributed by atoms with Gasteiger partial charge >= 0.3 is 0 Å². The van der Waals surface area contributed by atoms with Gasteiger partial charge in [-0.2, -0.15) is 0 Å². The number of aromatic nitrogens is 4. The number of carbonyl (C=O) groups excluding carboxylic acids is 1. The lowest BCUT2D eigenvalue weighted by Gasteiger charge is -2.25. The van der Waals surface area contributed by atoms with Gasteiger partial charge in [0.15, 0.2) is 0 Å². The minimum atomic E-state index is 0.174. The van der Waals surface area contributed by atoms with Crippen molar-refractivity contribution in [2.24, 2.45) is 0 Å². The summed E-state index contributed by atoms with van der Waals surface area (Å²) < 4.78 is 1.86. The fraction of sp³-hybridized carbons (Fsp3) is 0.529. The lowest BCUT2D eigenvalue weighted by Crippen LogP contribution is -2.32. The fourth-order valence-electron chi connectivity index (χ4n) is 3.24. The number of likely N-dealkylation sites (tertiary alicyclic amines) is 1. The van der Waals surface area contributed by atoms with Crippen LogP contribution in [0.3, 0.4) is 0 Å². The number of amides is 1. The van der Waals surface area contributed by atoms with Gasteiger partial charge in [0.05, 0.1) is 17.8 Å². The van der Waals surface area contributed by atoms with Crippen molar-refractivity contribution in [1.82, 2.24) is 25.1 Å². The van der Waals surface area contributed by atoms with Gasteiger partial charge < -0.3 is 4.90 Å². The highest BCUT2D eigenvalue weighted by Crippen LogP contribution is 2.37. The van der Waals surface area contributed by atoms with Gasteiger partial charge in [-0.15, -0.1) is 5.10 Å². The number of tetrazole rings is 1. The molecule has 1 aromatic carbocycles. The van der Waals surface area contributed by atoms with E-state index in [-0.39, 0.29) is 11.9 Å². The third-order valence-electron chi connectivity index (χ3n) is 4.72. The van der Waals surface area contributed by atoms with Crippen molar-refractivity contribution in [3.05, 3.63) is 35.4 Å². The van der Waals surface area contributed by atoms with E-state index in [2.05, 4.69) is 46.7 Å². The second-order valence-corrected chi connectivity index (χ2v) is 7.52. The average molecular weight is 343 g/mol. The molecule has 7 heteroatoms. The molecule has 0 spiro atoms. The third kappa shape index (κ3) is 3.17. The van der Waals surface area contributed by atoms with E-state index in [4.69, 9.17) is 0 Å². The second kappa shape index (κ2) is 6.55. The van der Waals surface area contributed by atoms with Crippen molar-refractivity contribution in [1.29, 1.82) is 0 Å². The summed E-state index contributed by atoms with van der Waals surface area (Å²) in [5.41, 5.74) is 2.48. The van der Waals surface area contributed by atoms with Gasteiger partial charge in [-0.3, -0.25) is 4.79 Å². The largest absolute Gasteiger partial charge is 0.335 e. The highest BCUT2D eigenvalue weighted by molar-refractivity contribution is 7.99. The number of thioether (sulfide) groups is 1. The first kappa shape index (κ1) is 15.6. The van der Waals surface area contributed by atoms with Crippen molar-refractivity contribution < 1.29 is 4.79 Å². The Bertz CT molecular complexity index is 725. The summed E-state index contributed by atoms with van der Waals surface area (Å²) in [6.45, 7) is 2.92. The van der Waals surface area contributed by atoms with Crippen LogP contribution in [-0.2, 0) is 4.79 Å². The zero-order valence-electron chi connectivity index (χ0n) is 13.8. The highest BCUT2D eigenvalue weighted by Gasteiger charge is 2.31. The second-order valence-electron chi connectivity index (χ2n) is 6.58. The molecule has 24 heavy (non-hydrogen) atoms. The number of benzene rings is 1. The van der Waals surface area contributed by atoms with Gasteiger partial charge in [-0.25, -0.2) is 4.68 Å². The van der Waals surface area contributed by atoms with Crippen LogP contribution in [0.1, 0.15) is 48.9 Å². The van der Waals surface area contributed by atoms with Crippen LogP contribution >= 0.6 is 11.8 Å². The van der Waals surface area contributed by atoms with Crippen LogP contribution in [0.5, 0.6) is 0 Å². The standard InChI is InChI=1S/C17H21N5OS/c1-12-4-6-13(7-5-12)15-3-2-10-21(15)16(23)11-24-17-18-19-20-22(17)14-8-9-14/h4-7,14-15H,2-3,8-11H2,1H3/t15-/m0/s1. The lowest BCUT2D eigenvalue weighted by atomic mass is 10.0. The van der Waals surface area contributed by atoms with Crippen molar-refractivity contribution in [2.45, 2.75) is 49.8 Å². The van der Waals surface area contributed by atoms with Crippen LogP contribution in [0.4, 0.5) is 0 Å². The van der Waals surface area contributed by atoms with Crippen LogP contribution in [0.15, 0.2) is 29.4 Å². The maximum Gasteiger partial charge on any atom is 0.233 e. The van der Waals surface area contributed by atoms with E-state index >= 15 is 0 Å². The Morgan fingerprint density at radius 2 is 2.04 bits per heavy atom. The quantitative estimate of drug-likeness (QED) is 0.781. The molecule has 0 unspecified atom stereocenters. The minimum Gasteiger partial charge on any atom is -0.335 e. The highest BCUT2D eigenvalue weighted by atomic mass is 32.2. The molecule has 2 heterocycles. The van der Waals surface area contributed by atoms with E-state index in [9.17, 15) is 4.79 Å². The monoisotopic (exact) mass is 343 g/mol. The summed E-state index contributed by atoms with van der Waals surface area (Å²) in [7, 11) is 0. The molecular weight excluding hydrogens is 322 g/mol. The average Bonchev–Trinajstić information content (AvgIpc) is 3.12. The zero-order chi connectivity index (χ0) is 16.5. The topological polar surface area (TPSA) is 63.9 Å². The molecular formula is C17H21N5OS. The molecule has 1 saturated carbocycles. The maximum absolute atomic E-state index is 12.7. The SMILES string of the molecule is Cc1ccc([C@@H]2CCCN2C(=O)CSc2nnnn2C2CC2)cc1. The van der Waals surface area contributed by atoms with Crippen LogP contribution in [0.25, 0.3) is 0 Å². The molecule has 0 radical (unpaired) electrons. The predicted octanol–water partition coefficient (Wildman–Crippen LogP) is 2.77. The Morgan fingerprint density at radius 3 is 2.79 bits per heavy atom. The molecule has 1 atom stereocenters. The van der Waals surface area contributed by atoms with Crippen molar-refractivity contribution >= 4 is 17.7 Å². The maximum atomic E-state index is 12.7. The van der Waals surface area contributed by atoms with E-state index in [0.29, 0.717) is 11.8 Å². The third-order valence-corrected chi connectivity index (χ3v) is 5.63. The molecule has 1 aliphatic heterocycles. The van der Waals surface area contributed by atoms with Gasteiger partial charge in [0.25, 0.3) is 0 Å². The molecule has 0 N–H and O–H groups in total. The zero-order valence-corrected chi connectivity index (χ0v) is 14.6. The van der Waals surface area contributed by atoms with E-state index in [1.54, 1.807) is 0 Å². The van der Waals surface area contributed by atoms with Gasteiger partial charge in [0.1, 0.15) is 0 Å². The molecule has 0 bridgehead atoms. The summed E-state index contributed by atoms with van der Waals surface area (Å²) in [6.07, 6.45) is 4.37. The Morgan fingerprint density at radius 1 is 1.25 bits per heavy atom. The molecule has 2 fully saturated rings. The van der Waals surface area contributed by atoms with E-state index in [1.165, 1.54) is 22.9 Å².